The minimum Gasteiger partial charge on any atom is -0.472 e. The number of hydrogen-bond acceptors (Lipinski definition) is 7. The fraction of sp³-hybridized carbons (Fsp3) is 0.588. The molecule has 0 N–H and O–H groups in total. The smallest absolute Gasteiger partial charge is 0.410 e. The molecule has 3 rings (SSSR count). The van der Waals surface area contributed by atoms with Crippen LogP contribution in [0.4, 0.5) is 4.79 Å². The fourth-order valence-corrected chi connectivity index (χ4v) is 2.77. The van der Waals surface area contributed by atoms with E-state index in [2.05, 4.69) is 15.0 Å². The Morgan fingerprint density at radius 3 is 2.96 bits per heavy atom. The number of carbonyl (C=O) groups excluding carboxylic acids is 1. The number of aromatic nitrogens is 2. The minimum atomic E-state index is -0.489. The van der Waals surface area contributed by atoms with Crippen molar-refractivity contribution >= 4 is 6.09 Å². The van der Waals surface area contributed by atoms with E-state index in [4.69, 9.17) is 13.7 Å². The number of likely N-dealkylation sites (N-methyl/N-ethyl adjacent to an activating group) is 1. The average Bonchev–Trinajstić information content (AvgIpc) is 3.26. The van der Waals surface area contributed by atoms with Crippen LogP contribution in [-0.2, 0) is 11.3 Å². The van der Waals surface area contributed by atoms with Crippen molar-refractivity contribution in [3.05, 3.63) is 24.5 Å². The second kappa shape index (κ2) is 6.87. The van der Waals surface area contributed by atoms with E-state index in [-0.39, 0.29) is 12.1 Å². The largest absolute Gasteiger partial charge is 0.472 e. The van der Waals surface area contributed by atoms with Crippen molar-refractivity contribution in [3.63, 3.8) is 0 Å². The van der Waals surface area contributed by atoms with Crippen molar-refractivity contribution < 1.29 is 18.5 Å². The molecule has 3 heterocycles. The van der Waals surface area contributed by atoms with Gasteiger partial charge < -0.3 is 18.6 Å². The molecule has 0 radical (unpaired) electrons. The summed E-state index contributed by atoms with van der Waals surface area (Å²) in [6.07, 6.45) is 3.75. The van der Waals surface area contributed by atoms with E-state index in [1.165, 1.54) is 0 Å². The lowest BCUT2D eigenvalue weighted by molar-refractivity contribution is 0.0227. The third kappa shape index (κ3) is 4.39. The molecule has 0 spiro atoms. The van der Waals surface area contributed by atoms with Crippen LogP contribution in [-0.4, -0.2) is 57.8 Å². The first kappa shape index (κ1) is 17.5. The van der Waals surface area contributed by atoms with Crippen molar-refractivity contribution in [2.24, 2.45) is 0 Å². The summed E-state index contributed by atoms with van der Waals surface area (Å²) < 4.78 is 15.8. The van der Waals surface area contributed by atoms with Gasteiger partial charge in [0, 0.05) is 26.2 Å². The van der Waals surface area contributed by atoms with Crippen molar-refractivity contribution in [2.75, 3.05) is 20.1 Å². The molecule has 1 aliphatic heterocycles. The van der Waals surface area contributed by atoms with Gasteiger partial charge in [-0.15, -0.1) is 0 Å². The summed E-state index contributed by atoms with van der Waals surface area (Å²) in [6, 6.07) is 1.90. The van der Waals surface area contributed by atoms with Crippen LogP contribution in [0.25, 0.3) is 11.4 Å². The first-order valence-corrected chi connectivity index (χ1v) is 8.35. The minimum absolute atomic E-state index is 0.117. The van der Waals surface area contributed by atoms with Crippen LogP contribution in [0, 0.1) is 0 Å². The molecule has 2 aromatic heterocycles. The Bertz CT molecular complexity index is 705. The molecule has 8 nitrogen and oxygen atoms in total. The number of carbonyl (C=O) groups is 1. The van der Waals surface area contributed by atoms with Gasteiger partial charge in [-0.25, -0.2) is 4.79 Å². The number of rotatable bonds is 4. The highest BCUT2D eigenvalue weighted by Gasteiger charge is 2.31. The van der Waals surface area contributed by atoms with Crippen LogP contribution < -0.4 is 0 Å². The Labute approximate surface area is 146 Å². The van der Waals surface area contributed by atoms with Gasteiger partial charge in [0.15, 0.2) is 0 Å². The summed E-state index contributed by atoms with van der Waals surface area (Å²) in [4.78, 5) is 20.4. The van der Waals surface area contributed by atoms with Gasteiger partial charge in [-0.1, -0.05) is 5.16 Å². The molecule has 25 heavy (non-hydrogen) atoms. The molecule has 1 aliphatic rings. The van der Waals surface area contributed by atoms with Crippen LogP contribution in [0.2, 0.25) is 0 Å². The maximum Gasteiger partial charge on any atom is 0.410 e. The Hall–Kier alpha value is -2.35. The molecule has 1 unspecified atom stereocenters. The van der Waals surface area contributed by atoms with Gasteiger partial charge >= 0.3 is 6.09 Å². The van der Waals surface area contributed by atoms with Crippen LogP contribution in [0.5, 0.6) is 0 Å². The summed E-state index contributed by atoms with van der Waals surface area (Å²) in [5.41, 5.74) is 0.301. The predicted octanol–water partition coefficient (Wildman–Crippen LogP) is 2.77. The lowest BCUT2D eigenvalue weighted by atomic mass is 10.2. The number of amides is 1. The van der Waals surface area contributed by atoms with E-state index in [0.29, 0.717) is 18.3 Å². The lowest BCUT2D eigenvalue weighted by Gasteiger charge is -2.28. The van der Waals surface area contributed by atoms with Crippen LogP contribution >= 0.6 is 0 Å². The molecular formula is C17H24N4O4. The first-order chi connectivity index (χ1) is 11.8. The molecule has 0 aliphatic carbocycles. The quantitative estimate of drug-likeness (QED) is 0.840. The monoisotopic (exact) mass is 348 g/mol. The average molecular weight is 348 g/mol. The second-order valence-electron chi connectivity index (χ2n) is 7.29. The van der Waals surface area contributed by atoms with Gasteiger partial charge in [-0.3, -0.25) is 4.90 Å². The van der Waals surface area contributed by atoms with E-state index in [9.17, 15) is 4.79 Å². The number of ether oxygens (including phenoxy) is 1. The predicted molar refractivity (Wildman–Crippen MR) is 89.7 cm³/mol. The summed E-state index contributed by atoms with van der Waals surface area (Å²) in [5.74, 6) is 1.07. The molecule has 1 amide bonds. The van der Waals surface area contributed by atoms with Gasteiger partial charge in [-0.2, -0.15) is 4.98 Å². The molecule has 0 saturated carbocycles. The Morgan fingerprint density at radius 1 is 1.48 bits per heavy atom. The molecule has 136 valence electrons. The Morgan fingerprint density at radius 2 is 2.28 bits per heavy atom. The molecular weight excluding hydrogens is 324 g/mol. The zero-order chi connectivity index (χ0) is 18.0. The lowest BCUT2D eigenvalue weighted by Crippen LogP contribution is -2.42. The first-order valence-electron chi connectivity index (χ1n) is 8.35. The summed E-state index contributed by atoms with van der Waals surface area (Å²) >= 11 is 0. The maximum absolute atomic E-state index is 12.2. The standard InChI is InChI=1S/C17H24N4O4/c1-17(2,3)24-16(22)20(4)13-5-7-21(9-13)10-14-18-15(19-25-14)12-6-8-23-11-12/h6,8,11,13H,5,7,9-10H2,1-4H3. The normalized spacial score (nSPS) is 18.5. The van der Waals surface area contributed by atoms with Crippen molar-refractivity contribution in [3.8, 4) is 11.4 Å². The number of furan rings is 1. The Kier molecular flexibility index (Phi) is 4.80. The van der Waals surface area contributed by atoms with Crippen molar-refractivity contribution in [2.45, 2.75) is 45.4 Å². The second-order valence-corrected chi connectivity index (χ2v) is 7.29. The van der Waals surface area contributed by atoms with Gasteiger partial charge in [0.05, 0.1) is 18.4 Å². The van der Waals surface area contributed by atoms with E-state index >= 15 is 0 Å². The zero-order valence-electron chi connectivity index (χ0n) is 15.1. The maximum atomic E-state index is 12.2. The molecule has 1 saturated heterocycles. The van der Waals surface area contributed by atoms with E-state index in [1.54, 1.807) is 30.5 Å². The molecule has 0 bridgehead atoms. The van der Waals surface area contributed by atoms with Gasteiger partial charge in [0.1, 0.15) is 11.9 Å². The topological polar surface area (TPSA) is 84.8 Å². The number of nitrogens with zero attached hydrogens (tertiary/aromatic N) is 4. The highest BCUT2D eigenvalue weighted by atomic mass is 16.6. The zero-order valence-corrected chi connectivity index (χ0v) is 15.1. The fourth-order valence-electron chi connectivity index (χ4n) is 2.77. The van der Waals surface area contributed by atoms with Crippen molar-refractivity contribution in [1.29, 1.82) is 0 Å². The van der Waals surface area contributed by atoms with E-state index < -0.39 is 5.60 Å². The van der Waals surface area contributed by atoms with Crippen LogP contribution in [0.15, 0.2) is 27.5 Å². The third-order valence-electron chi connectivity index (χ3n) is 4.08. The highest BCUT2D eigenvalue weighted by Crippen LogP contribution is 2.21. The van der Waals surface area contributed by atoms with Crippen LogP contribution in [0.1, 0.15) is 33.1 Å². The highest BCUT2D eigenvalue weighted by molar-refractivity contribution is 5.68. The molecule has 1 atom stereocenters. The van der Waals surface area contributed by atoms with Gasteiger partial charge in [0.25, 0.3) is 0 Å². The molecule has 8 heteroatoms. The SMILES string of the molecule is CN(C(=O)OC(C)(C)C)C1CCN(Cc2nc(-c3ccoc3)no2)C1. The summed E-state index contributed by atoms with van der Waals surface area (Å²) in [5, 5.41) is 3.97. The van der Waals surface area contributed by atoms with Gasteiger partial charge in [-0.05, 0) is 33.3 Å². The summed E-state index contributed by atoms with van der Waals surface area (Å²) in [6.45, 7) is 7.77. The van der Waals surface area contributed by atoms with E-state index in [1.807, 2.05) is 20.8 Å². The Balaban J connectivity index is 1.54. The van der Waals surface area contributed by atoms with Gasteiger partial charge in [0.2, 0.25) is 11.7 Å². The molecule has 0 aromatic carbocycles. The molecule has 1 fully saturated rings. The summed E-state index contributed by atoms with van der Waals surface area (Å²) in [7, 11) is 1.78. The van der Waals surface area contributed by atoms with Crippen LogP contribution in [0.3, 0.4) is 0 Å². The number of likely N-dealkylation sites (tertiary alicyclic amines) is 1. The van der Waals surface area contributed by atoms with Crippen molar-refractivity contribution in [1.82, 2.24) is 19.9 Å². The third-order valence-corrected chi connectivity index (χ3v) is 4.08. The van der Waals surface area contributed by atoms with E-state index in [0.717, 1.165) is 25.1 Å². The molecule has 2 aromatic rings. The number of hydrogen-bond donors (Lipinski definition) is 0.